The summed E-state index contributed by atoms with van der Waals surface area (Å²) in [7, 11) is -2.33. The van der Waals surface area contributed by atoms with Gasteiger partial charge in [-0.25, -0.2) is 8.42 Å². The molecule has 2 atom stereocenters. The Kier molecular flexibility index (Phi) is 9.13. The van der Waals surface area contributed by atoms with E-state index in [1.807, 2.05) is 6.08 Å². The highest BCUT2D eigenvalue weighted by Gasteiger charge is 2.32. The number of benzene rings is 1. The van der Waals surface area contributed by atoms with Crippen LogP contribution in [0.4, 0.5) is 0 Å². The first-order chi connectivity index (χ1) is 15.8. The van der Waals surface area contributed by atoms with E-state index in [-0.39, 0.29) is 42.9 Å². The van der Waals surface area contributed by atoms with E-state index in [4.69, 9.17) is 19.9 Å². The fraction of sp³-hybridized carbons (Fsp3) is 0.609. The van der Waals surface area contributed by atoms with Crippen molar-refractivity contribution in [3.05, 3.63) is 36.1 Å². The molecule has 0 unspecified atom stereocenters. The molecule has 0 radical (unpaired) electrons. The number of methoxy groups -OCH3 is 1. The molecule has 3 rings (SSSR count). The molecule has 1 heterocycles. The number of carbonyl (C=O) groups excluding carboxylic acids is 1. The van der Waals surface area contributed by atoms with Gasteiger partial charge in [0, 0.05) is 19.5 Å². The number of sulfonamides is 1. The molecule has 3 N–H and O–H groups in total. The van der Waals surface area contributed by atoms with E-state index >= 15 is 0 Å². The number of nitrogens with two attached hydrogens (primary N) is 1. The molecule has 9 nitrogen and oxygen atoms in total. The highest BCUT2D eigenvalue weighted by Crippen LogP contribution is 2.37. The number of hydrogen-bond acceptors (Lipinski definition) is 7. The molecular formula is C23H34N2O7S. The van der Waals surface area contributed by atoms with Crippen molar-refractivity contribution in [2.75, 3.05) is 33.4 Å². The zero-order valence-electron chi connectivity index (χ0n) is 19.0. The molecule has 33 heavy (non-hydrogen) atoms. The van der Waals surface area contributed by atoms with E-state index in [9.17, 15) is 18.3 Å². The van der Waals surface area contributed by atoms with Gasteiger partial charge in [0.1, 0.15) is 5.75 Å². The Morgan fingerprint density at radius 1 is 1.18 bits per heavy atom. The van der Waals surface area contributed by atoms with Crippen LogP contribution in [0.25, 0.3) is 0 Å². The van der Waals surface area contributed by atoms with Crippen LogP contribution in [0.3, 0.4) is 0 Å². The second-order valence-electron chi connectivity index (χ2n) is 8.41. The van der Waals surface area contributed by atoms with E-state index < -0.39 is 22.2 Å². The number of nitrogens with zero attached hydrogens (tertiary/aromatic N) is 1. The number of rotatable bonds is 11. The second-order valence-corrected chi connectivity index (χ2v) is 10.4. The SMILES string of the molecule is COc1ccc(S(=O)(=O)N(CCO)CCO[C@@H]2C[C@H](C3CCCCC3)C=C(C(N)=O)O2)cc1. The molecule has 0 aromatic heterocycles. The number of primary amides is 1. The zero-order valence-corrected chi connectivity index (χ0v) is 19.8. The van der Waals surface area contributed by atoms with Crippen LogP contribution in [0.1, 0.15) is 38.5 Å². The molecule has 0 saturated heterocycles. The largest absolute Gasteiger partial charge is 0.497 e. The minimum atomic E-state index is -3.83. The van der Waals surface area contributed by atoms with Crippen molar-refractivity contribution >= 4 is 15.9 Å². The number of ether oxygens (including phenoxy) is 3. The normalized spacial score (nSPS) is 22.0. The van der Waals surface area contributed by atoms with Gasteiger partial charge < -0.3 is 25.1 Å². The lowest BCUT2D eigenvalue weighted by atomic mass is 9.77. The summed E-state index contributed by atoms with van der Waals surface area (Å²) in [5.74, 6) is 0.631. The van der Waals surface area contributed by atoms with Gasteiger partial charge in [0.2, 0.25) is 16.3 Å². The van der Waals surface area contributed by atoms with E-state index in [2.05, 4.69) is 0 Å². The summed E-state index contributed by atoms with van der Waals surface area (Å²) in [5.41, 5.74) is 5.47. The van der Waals surface area contributed by atoms with Gasteiger partial charge in [0.25, 0.3) is 5.91 Å². The van der Waals surface area contributed by atoms with Crippen molar-refractivity contribution in [3.8, 4) is 5.75 Å². The summed E-state index contributed by atoms with van der Waals surface area (Å²) in [6, 6.07) is 6.06. The number of allylic oxidation sites excluding steroid dienone is 1. The van der Waals surface area contributed by atoms with Crippen molar-refractivity contribution < 1.29 is 32.5 Å². The van der Waals surface area contributed by atoms with Gasteiger partial charge in [-0.05, 0) is 55.0 Å². The van der Waals surface area contributed by atoms with Gasteiger partial charge in [-0.15, -0.1) is 0 Å². The van der Waals surface area contributed by atoms with Gasteiger partial charge in [0.15, 0.2) is 5.76 Å². The van der Waals surface area contributed by atoms with Crippen LogP contribution in [0, 0.1) is 11.8 Å². The Labute approximate surface area is 195 Å². The zero-order chi connectivity index (χ0) is 23.8. The Hall–Kier alpha value is -2.14. The van der Waals surface area contributed by atoms with Crippen LogP contribution in [0.2, 0.25) is 0 Å². The summed E-state index contributed by atoms with van der Waals surface area (Å²) >= 11 is 0. The average Bonchev–Trinajstić information content (AvgIpc) is 2.83. The smallest absolute Gasteiger partial charge is 0.283 e. The van der Waals surface area contributed by atoms with Gasteiger partial charge in [-0.2, -0.15) is 4.31 Å². The maximum atomic E-state index is 13.0. The first-order valence-corrected chi connectivity index (χ1v) is 12.8. The highest BCUT2D eigenvalue weighted by molar-refractivity contribution is 7.89. The van der Waals surface area contributed by atoms with Gasteiger partial charge in [-0.3, -0.25) is 4.79 Å². The molecule has 1 aliphatic heterocycles. The summed E-state index contributed by atoms with van der Waals surface area (Å²) in [6.45, 7) is -0.323. The lowest BCUT2D eigenvalue weighted by molar-refractivity contribution is -0.150. The average molecular weight is 483 g/mol. The Balaban J connectivity index is 1.63. The third-order valence-electron chi connectivity index (χ3n) is 6.28. The van der Waals surface area contributed by atoms with E-state index in [0.29, 0.717) is 18.1 Å². The fourth-order valence-electron chi connectivity index (χ4n) is 4.49. The first-order valence-electron chi connectivity index (χ1n) is 11.4. The molecule has 0 bridgehead atoms. The van der Waals surface area contributed by atoms with Crippen molar-refractivity contribution in [1.82, 2.24) is 4.31 Å². The van der Waals surface area contributed by atoms with Crippen LogP contribution >= 0.6 is 0 Å². The summed E-state index contributed by atoms with van der Waals surface area (Å²) in [4.78, 5) is 11.9. The van der Waals surface area contributed by atoms with E-state index in [1.54, 1.807) is 12.1 Å². The maximum absolute atomic E-state index is 13.0. The van der Waals surface area contributed by atoms with Gasteiger partial charge in [0.05, 0.1) is 25.2 Å². The predicted octanol–water partition coefficient (Wildman–Crippen LogP) is 2.01. The lowest BCUT2D eigenvalue weighted by Gasteiger charge is -2.35. The fourth-order valence-corrected chi connectivity index (χ4v) is 5.91. The molecule has 1 saturated carbocycles. The number of aliphatic hydroxyl groups is 1. The predicted molar refractivity (Wildman–Crippen MR) is 122 cm³/mol. The third kappa shape index (κ3) is 6.69. The summed E-state index contributed by atoms with van der Waals surface area (Å²) < 4.78 is 43.8. The van der Waals surface area contributed by atoms with E-state index in [0.717, 1.165) is 12.8 Å². The monoisotopic (exact) mass is 482 g/mol. The maximum Gasteiger partial charge on any atom is 0.283 e. The molecule has 1 aromatic rings. The van der Waals surface area contributed by atoms with Crippen LogP contribution in [0.5, 0.6) is 5.75 Å². The molecule has 184 valence electrons. The molecular weight excluding hydrogens is 448 g/mol. The molecule has 1 amide bonds. The van der Waals surface area contributed by atoms with Gasteiger partial charge >= 0.3 is 0 Å². The Bertz CT molecular complexity index is 911. The highest BCUT2D eigenvalue weighted by atomic mass is 32.2. The molecule has 2 aliphatic rings. The van der Waals surface area contributed by atoms with Crippen LogP contribution in [-0.2, 0) is 24.3 Å². The standard InChI is InChI=1S/C23H34N2O7S/c1-30-19-7-9-20(10-8-19)33(28,29)25(11-13-26)12-14-31-22-16-18(15-21(32-22)23(24)27)17-5-3-2-4-6-17/h7-10,15,17-18,22,26H,2-6,11-14,16H2,1H3,(H2,24,27)/t18-,22+/m1/s1. The lowest BCUT2D eigenvalue weighted by Crippen LogP contribution is -2.38. The number of hydrogen-bond donors (Lipinski definition) is 2. The number of carbonyl (C=O) groups is 1. The van der Waals surface area contributed by atoms with Crippen LogP contribution in [0.15, 0.2) is 41.0 Å². The Morgan fingerprint density at radius 3 is 2.48 bits per heavy atom. The van der Waals surface area contributed by atoms with Crippen LogP contribution in [-0.4, -0.2) is 63.4 Å². The summed E-state index contributed by atoms with van der Waals surface area (Å²) in [5, 5.41) is 9.40. The molecule has 0 spiro atoms. The van der Waals surface area contributed by atoms with Crippen LogP contribution < -0.4 is 10.5 Å². The van der Waals surface area contributed by atoms with E-state index in [1.165, 1.54) is 42.8 Å². The molecule has 1 aromatic carbocycles. The van der Waals surface area contributed by atoms with Crippen molar-refractivity contribution in [1.29, 1.82) is 0 Å². The van der Waals surface area contributed by atoms with Crippen molar-refractivity contribution in [2.45, 2.75) is 49.7 Å². The van der Waals surface area contributed by atoms with Gasteiger partial charge in [-0.1, -0.05) is 19.3 Å². The quantitative estimate of drug-likeness (QED) is 0.494. The third-order valence-corrected chi connectivity index (χ3v) is 8.19. The van der Waals surface area contributed by atoms with Crippen molar-refractivity contribution in [2.24, 2.45) is 17.6 Å². The summed E-state index contributed by atoms with van der Waals surface area (Å²) in [6.07, 6.45) is 7.52. The number of aliphatic hydroxyl groups excluding tert-OH is 1. The minimum absolute atomic E-state index is 0.0263. The Morgan fingerprint density at radius 2 is 1.88 bits per heavy atom. The molecule has 1 fully saturated rings. The topological polar surface area (TPSA) is 128 Å². The second kappa shape index (κ2) is 11.8. The minimum Gasteiger partial charge on any atom is -0.497 e. The van der Waals surface area contributed by atoms with Crippen molar-refractivity contribution in [3.63, 3.8) is 0 Å². The first kappa shape index (κ1) is 25.5. The molecule has 10 heteroatoms. The molecule has 1 aliphatic carbocycles. The number of amides is 1.